The van der Waals surface area contributed by atoms with Gasteiger partial charge in [0.2, 0.25) is 0 Å². The van der Waals surface area contributed by atoms with Crippen LogP contribution in [0, 0.1) is 12.7 Å². The highest BCUT2D eigenvalue weighted by Gasteiger charge is 2.31. The number of para-hydroxylation sites is 1. The number of thiazole rings is 1. The minimum Gasteiger partial charge on any atom is -0.454 e. The van der Waals surface area contributed by atoms with Crippen LogP contribution in [0.4, 0.5) is 20.6 Å². The lowest BCUT2D eigenvalue weighted by Crippen LogP contribution is -2.42. The largest absolute Gasteiger partial charge is 0.454 e. The smallest absolute Gasteiger partial charge is 0.407 e. The van der Waals surface area contributed by atoms with Crippen LogP contribution in [0.2, 0.25) is 0 Å². The van der Waals surface area contributed by atoms with Crippen molar-refractivity contribution in [2.24, 2.45) is 0 Å². The zero-order chi connectivity index (χ0) is 30.6. The number of amides is 2. The standard InChI is InChI=1S/C31H33FN6O4S/c1-19-25(41-26-10-6-5-9-22(26)32)12-11-23(36-28(39)24-18-43-29(37-24)20-13-14-34-35-16-20)27(19)38-15-7-8-21(38)17-33-30(40)42-31(2,3)4/h5-6,9-14,16,18,21H,7-8,15,17H2,1-4H3,(H,33,40)(H,36,39)/t21-/m1/s1. The summed E-state index contributed by atoms with van der Waals surface area (Å²) in [7, 11) is 0. The fourth-order valence-corrected chi connectivity index (χ4v) is 5.67. The van der Waals surface area contributed by atoms with Gasteiger partial charge in [-0.1, -0.05) is 12.1 Å². The van der Waals surface area contributed by atoms with Gasteiger partial charge in [-0.2, -0.15) is 10.2 Å². The van der Waals surface area contributed by atoms with Crippen LogP contribution < -0.4 is 20.3 Å². The Morgan fingerprint density at radius 1 is 1.12 bits per heavy atom. The molecule has 0 aliphatic carbocycles. The lowest BCUT2D eigenvalue weighted by Gasteiger charge is -2.31. The number of ether oxygens (including phenoxy) is 2. The SMILES string of the molecule is Cc1c(Oc2ccccc2F)ccc(NC(=O)c2csc(-c3ccnnc3)n2)c1N1CCC[C@@H]1CNC(=O)OC(C)(C)C. The van der Waals surface area contributed by atoms with Gasteiger partial charge in [0, 0.05) is 35.6 Å². The van der Waals surface area contributed by atoms with Gasteiger partial charge in [0.1, 0.15) is 22.1 Å². The number of rotatable bonds is 8. The lowest BCUT2D eigenvalue weighted by molar-refractivity contribution is 0.0524. The van der Waals surface area contributed by atoms with Crippen molar-refractivity contribution < 1.29 is 23.5 Å². The fourth-order valence-electron chi connectivity index (χ4n) is 4.88. The molecule has 12 heteroatoms. The molecule has 4 aromatic rings. The van der Waals surface area contributed by atoms with Gasteiger partial charge in [0.25, 0.3) is 5.91 Å². The van der Waals surface area contributed by atoms with Crippen molar-refractivity contribution in [1.29, 1.82) is 0 Å². The molecule has 5 rings (SSSR count). The summed E-state index contributed by atoms with van der Waals surface area (Å²) in [5.41, 5.74) is 2.40. The molecule has 1 saturated heterocycles. The first-order valence-corrected chi connectivity index (χ1v) is 14.8. The Balaban J connectivity index is 1.44. The minimum atomic E-state index is -0.616. The Hall–Kier alpha value is -4.58. The van der Waals surface area contributed by atoms with E-state index in [9.17, 15) is 14.0 Å². The van der Waals surface area contributed by atoms with Gasteiger partial charge in [-0.25, -0.2) is 14.2 Å². The number of nitrogens with one attached hydrogen (secondary N) is 2. The van der Waals surface area contributed by atoms with Gasteiger partial charge in [0.15, 0.2) is 11.6 Å². The van der Waals surface area contributed by atoms with Gasteiger partial charge in [-0.05, 0) is 70.9 Å². The first kappa shape index (κ1) is 29.9. The first-order valence-electron chi connectivity index (χ1n) is 13.9. The zero-order valence-corrected chi connectivity index (χ0v) is 25.2. The number of carbonyl (C=O) groups is 2. The van der Waals surface area contributed by atoms with Crippen LogP contribution >= 0.6 is 11.3 Å². The molecule has 1 fully saturated rings. The fraction of sp³-hybridized carbons (Fsp3) is 0.323. The van der Waals surface area contributed by atoms with Crippen LogP contribution in [0.3, 0.4) is 0 Å². The highest BCUT2D eigenvalue weighted by atomic mass is 32.1. The van der Waals surface area contributed by atoms with Crippen LogP contribution in [0.5, 0.6) is 11.5 Å². The van der Waals surface area contributed by atoms with E-state index >= 15 is 0 Å². The van der Waals surface area contributed by atoms with Crippen molar-refractivity contribution in [2.75, 3.05) is 23.3 Å². The number of benzene rings is 2. The molecule has 0 saturated carbocycles. The quantitative estimate of drug-likeness (QED) is 0.231. The predicted molar refractivity (Wildman–Crippen MR) is 163 cm³/mol. The minimum absolute atomic E-state index is 0.0735. The summed E-state index contributed by atoms with van der Waals surface area (Å²) in [5, 5.41) is 15.9. The molecule has 0 bridgehead atoms. The zero-order valence-electron chi connectivity index (χ0n) is 24.4. The summed E-state index contributed by atoms with van der Waals surface area (Å²) in [6.45, 7) is 8.33. The maximum atomic E-state index is 14.5. The molecular formula is C31H33FN6O4S. The molecule has 2 aromatic carbocycles. The maximum absolute atomic E-state index is 14.5. The Morgan fingerprint density at radius 3 is 2.67 bits per heavy atom. The lowest BCUT2D eigenvalue weighted by atomic mass is 10.1. The van der Waals surface area contributed by atoms with E-state index in [2.05, 4.69) is 30.7 Å². The Bertz CT molecular complexity index is 1610. The highest BCUT2D eigenvalue weighted by Crippen LogP contribution is 2.41. The van der Waals surface area contributed by atoms with Crippen LogP contribution in [0.25, 0.3) is 10.6 Å². The maximum Gasteiger partial charge on any atom is 0.407 e. The normalized spacial score (nSPS) is 14.8. The molecule has 1 aliphatic heterocycles. The monoisotopic (exact) mass is 604 g/mol. The molecule has 2 amide bonds. The third kappa shape index (κ3) is 7.26. The Morgan fingerprint density at radius 2 is 1.93 bits per heavy atom. The number of halogens is 1. The molecule has 0 unspecified atom stereocenters. The van der Waals surface area contributed by atoms with E-state index in [0.29, 0.717) is 35.1 Å². The van der Waals surface area contributed by atoms with E-state index in [1.54, 1.807) is 54.2 Å². The number of alkyl carbamates (subject to hydrolysis) is 1. The average molecular weight is 605 g/mol. The van der Waals surface area contributed by atoms with E-state index in [1.807, 2.05) is 27.7 Å². The second-order valence-electron chi connectivity index (χ2n) is 11.1. The van der Waals surface area contributed by atoms with Crippen LogP contribution in [-0.4, -0.2) is 51.9 Å². The summed E-state index contributed by atoms with van der Waals surface area (Å²) in [6.07, 6.45) is 4.36. The number of hydrogen-bond acceptors (Lipinski definition) is 9. The van der Waals surface area contributed by atoms with Gasteiger partial charge >= 0.3 is 6.09 Å². The van der Waals surface area contributed by atoms with E-state index in [-0.39, 0.29) is 23.4 Å². The predicted octanol–water partition coefficient (Wildman–Crippen LogP) is 6.59. The van der Waals surface area contributed by atoms with Crippen LogP contribution in [-0.2, 0) is 4.74 Å². The number of nitrogens with zero attached hydrogens (tertiary/aromatic N) is 4. The highest BCUT2D eigenvalue weighted by molar-refractivity contribution is 7.13. The second kappa shape index (κ2) is 12.7. The molecule has 2 N–H and O–H groups in total. The molecule has 1 aliphatic rings. The average Bonchev–Trinajstić information content (AvgIpc) is 3.65. The molecule has 1 atom stereocenters. The number of aromatic nitrogens is 3. The van der Waals surface area contributed by atoms with Gasteiger partial charge in [-0.3, -0.25) is 4.79 Å². The molecular weight excluding hydrogens is 571 g/mol. The van der Waals surface area contributed by atoms with Crippen molar-refractivity contribution in [3.63, 3.8) is 0 Å². The molecule has 0 spiro atoms. The number of carbonyl (C=O) groups excluding carboxylic acids is 2. The molecule has 10 nitrogen and oxygen atoms in total. The van der Waals surface area contributed by atoms with E-state index in [0.717, 1.165) is 24.1 Å². The van der Waals surface area contributed by atoms with E-state index in [4.69, 9.17) is 9.47 Å². The summed E-state index contributed by atoms with van der Waals surface area (Å²) in [4.78, 5) is 32.5. The molecule has 43 heavy (non-hydrogen) atoms. The summed E-state index contributed by atoms with van der Waals surface area (Å²) in [5.74, 6) is -0.316. The Kier molecular flexibility index (Phi) is 8.86. The van der Waals surface area contributed by atoms with Gasteiger partial charge in [0.05, 0.1) is 23.8 Å². The third-order valence-electron chi connectivity index (χ3n) is 6.80. The summed E-state index contributed by atoms with van der Waals surface area (Å²) < 4.78 is 25.9. The second-order valence-corrected chi connectivity index (χ2v) is 12.0. The molecule has 0 radical (unpaired) electrons. The topological polar surface area (TPSA) is 119 Å². The van der Waals surface area contributed by atoms with Crippen LogP contribution in [0.15, 0.2) is 60.2 Å². The third-order valence-corrected chi connectivity index (χ3v) is 7.69. The van der Waals surface area contributed by atoms with Crippen molar-refractivity contribution in [3.05, 3.63) is 77.3 Å². The number of anilines is 2. The Labute approximate surface area is 253 Å². The van der Waals surface area contributed by atoms with Crippen molar-refractivity contribution in [2.45, 2.75) is 52.2 Å². The van der Waals surface area contributed by atoms with Crippen LogP contribution in [0.1, 0.15) is 49.7 Å². The first-order chi connectivity index (χ1) is 20.6. The van der Waals surface area contributed by atoms with Crippen molar-refractivity contribution in [3.8, 4) is 22.1 Å². The van der Waals surface area contributed by atoms with Gasteiger partial charge < -0.3 is 25.0 Å². The number of hydrogen-bond donors (Lipinski definition) is 2. The van der Waals surface area contributed by atoms with Crippen molar-refractivity contribution >= 4 is 34.7 Å². The summed E-state index contributed by atoms with van der Waals surface area (Å²) >= 11 is 1.33. The van der Waals surface area contributed by atoms with Crippen molar-refractivity contribution in [1.82, 2.24) is 20.5 Å². The summed E-state index contributed by atoms with van der Waals surface area (Å²) in [6, 6.07) is 11.4. The van der Waals surface area contributed by atoms with Gasteiger partial charge in [-0.15, -0.1) is 11.3 Å². The molecule has 2 aromatic heterocycles. The molecule has 3 heterocycles. The van der Waals surface area contributed by atoms with E-state index in [1.165, 1.54) is 17.4 Å². The molecule has 224 valence electrons. The van der Waals surface area contributed by atoms with E-state index < -0.39 is 17.5 Å².